The number of halogens is 4. The standard InChI is InChI=1S/C23H16F4N2O4/c24-15-6-8-16(9-7-15)33-21-17(10-13-20(30)29-32)19(12-11-18(21)23(25,26)27)28-22(31)14-4-2-1-3-5-14/h1-13,32H,(H,28,31)(H,29,30)/b13-10+. The quantitative estimate of drug-likeness (QED) is 0.199. The highest BCUT2D eigenvalue weighted by Crippen LogP contribution is 2.43. The van der Waals surface area contributed by atoms with Gasteiger partial charge in [-0.2, -0.15) is 13.2 Å². The van der Waals surface area contributed by atoms with Gasteiger partial charge in [-0.15, -0.1) is 0 Å². The zero-order valence-corrected chi connectivity index (χ0v) is 16.7. The predicted octanol–water partition coefficient (Wildman–Crippen LogP) is 5.41. The van der Waals surface area contributed by atoms with Gasteiger partial charge in [0.2, 0.25) is 0 Å². The van der Waals surface area contributed by atoms with Crippen LogP contribution in [0.25, 0.3) is 6.08 Å². The third kappa shape index (κ3) is 5.95. The minimum atomic E-state index is -4.86. The number of nitrogens with one attached hydrogen (secondary N) is 2. The van der Waals surface area contributed by atoms with Gasteiger partial charge in [-0.25, -0.2) is 9.87 Å². The summed E-state index contributed by atoms with van der Waals surface area (Å²) in [5, 5.41) is 11.2. The highest BCUT2D eigenvalue weighted by molar-refractivity contribution is 6.06. The molecule has 3 aromatic carbocycles. The summed E-state index contributed by atoms with van der Waals surface area (Å²) < 4.78 is 59.9. The van der Waals surface area contributed by atoms with Gasteiger partial charge in [-0.05, 0) is 54.6 Å². The molecule has 6 nitrogen and oxygen atoms in total. The van der Waals surface area contributed by atoms with E-state index in [-0.39, 0.29) is 22.6 Å². The molecule has 10 heteroatoms. The van der Waals surface area contributed by atoms with Crippen LogP contribution in [0.2, 0.25) is 0 Å². The van der Waals surface area contributed by atoms with E-state index in [2.05, 4.69) is 5.32 Å². The van der Waals surface area contributed by atoms with Gasteiger partial charge in [0.1, 0.15) is 17.3 Å². The lowest BCUT2D eigenvalue weighted by Crippen LogP contribution is -2.16. The van der Waals surface area contributed by atoms with Crippen LogP contribution in [-0.2, 0) is 11.0 Å². The van der Waals surface area contributed by atoms with Gasteiger partial charge in [0.05, 0.1) is 11.3 Å². The van der Waals surface area contributed by atoms with Crippen LogP contribution in [-0.4, -0.2) is 17.0 Å². The molecule has 3 aromatic rings. The monoisotopic (exact) mass is 460 g/mol. The fraction of sp³-hybridized carbons (Fsp3) is 0.0435. The Morgan fingerprint density at radius 1 is 0.939 bits per heavy atom. The van der Waals surface area contributed by atoms with Gasteiger partial charge in [-0.1, -0.05) is 18.2 Å². The van der Waals surface area contributed by atoms with E-state index in [9.17, 15) is 27.2 Å². The minimum Gasteiger partial charge on any atom is -0.456 e. The summed E-state index contributed by atoms with van der Waals surface area (Å²) >= 11 is 0. The van der Waals surface area contributed by atoms with Crippen molar-refractivity contribution in [2.24, 2.45) is 0 Å². The zero-order chi connectivity index (χ0) is 24.0. The van der Waals surface area contributed by atoms with Crippen molar-refractivity contribution >= 4 is 23.6 Å². The van der Waals surface area contributed by atoms with Gasteiger partial charge in [0.15, 0.2) is 0 Å². The van der Waals surface area contributed by atoms with E-state index in [0.717, 1.165) is 42.5 Å². The summed E-state index contributed by atoms with van der Waals surface area (Å²) in [7, 11) is 0. The molecule has 3 rings (SSSR count). The van der Waals surface area contributed by atoms with Crippen LogP contribution in [0, 0.1) is 5.82 Å². The lowest BCUT2D eigenvalue weighted by Gasteiger charge is -2.19. The average Bonchev–Trinajstić information content (AvgIpc) is 2.79. The molecule has 3 N–H and O–H groups in total. The lowest BCUT2D eigenvalue weighted by atomic mass is 10.0. The molecule has 0 aromatic heterocycles. The lowest BCUT2D eigenvalue weighted by molar-refractivity contribution is -0.138. The van der Waals surface area contributed by atoms with Crippen LogP contribution in [0.4, 0.5) is 23.2 Å². The maximum Gasteiger partial charge on any atom is 0.420 e. The van der Waals surface area contributed by atoms with Crippen molar-refractivity contribution in [3.8, 4) is 11.5 Å². The fourth-order valence-electron chi connectivity index (χ4n) is 2.81. The SMILES string of the molecule is O=C(/C=C/c1c(NC(=O)c2ccccc2)ccc(C(F)(F)F)c1Oc1ccc(F)cc1)NO. The summed E-state index contributed by atoms with van der Waals surface area (Å²) in [6.45, 7) is 0. The summed E-state index contributed by atoms with van der Waals surface area (Å²) in [6.07, 6.45) is -3.16. The predicted molar refractivity (Wildman–Crippen MR) is 111 cm³/mol. The minimum absolute atomic E-state index is 0.101. The largest absolute Gasteiger partial charge is 0.456 e. The molecule has 0 saturated heterocycles. The van der Waals surface area contributed by atoms with Crippen LogP contribution in [0.5, 0.6) is 11.5 Å². The number of alkyl halides is 3. The van der Waals surface area contributed by atoms with Crippen LogP contribution in [0.1, 0.15) is 21.5 Å². The number of carbonyl (C=O) groups is 2. The molecule has 0 unspecified atom stereocenters. The topological polar surface area (TPSA) is 87.7 Å². The molecule has 2 amide bonds. The first kappa shape index (κ1) is 23.5. The Labute approximate surface area is 185 Å². The first-order chi connectivity index (χ1) is 15.7. The van der Waals surface area contributed by atoms with Crippen molar-refractivity contribution in [1.82, 2.24) is 5.48 Å². The number of benzene rings is 3. The maximum atomic E-state index is 13.7. The Balaban J connectivity index is 2.15. The van der Waals surface area contributed by atoms with E-state index in [1.807, 2.05) is 0 Å². The van der Waals surface area contributed by atoms with E-state index in [1.54, 1.807) is 18.2 Å². The van der Waals surface area contributed by atoms with E-state index >= 15 is 0 Å². The Kier molecular flexibility index (Phi) is 7.09. The molecule has 0 aliphatic rings. The van der Waals surface area contributed by atoms with Crippen molar-refractivity contribution in [2.45, 2.75) is 6.18 Å². The van der Waals surface area contributed by atoms with Gasteiger partial charge >= 0.3 is 6.18 Å². The van der Waals surface area contributed by atoms with Crippen molar-refractivity contribution in [1.29, 1.82) is 0 Å². The molecule has 0 atom stereocenters. The second-order valence-corrected chi connectivity index (χ2v) is 6.59. The Bertz CT molecular complexity index is 1180. The first-order valence-corrected chi connectivity index (χ1v) is 9.35. The van der Waals surface area contributed by atoms with E-state index in [0.29, 0.717) is 6.07 Å². The number of anilines is 1. The van der Waals surface area contributed by atoms with Crippen molar-refractivity contribution in [2.75, 3.05) is 5.32 Å². The number of hydrogen-bond donors (Lipinski definition) is 3. The van der Waals surface area contributed by atoms with Crippen LogP contribution < -0.4 is 15.5 Å². The van der Waals surface area contributed by atoms with E-state index in [1.165, 1.54) is 17.6 Å². The molecule has 0 aliphatic carbocycles. The molecule has 33 heavy (non-hydrogen) atoms. The number of carbonyl (C=O) groups excluding carboxylic acids is 2. The molecule has 0 bridgehead atoms. The van der Waals surface area contributed by atoms with Crippen molar-refractivity contribution in [3.63, 3.8) is 0 Å². The number of ether oxygens (including phenoxy) is 1. The van der Waals surface area contributed by atoms with Crippen LogP contribution >= 0.6 is 0 Å². The number of hydrogen-bond acceptors (Lipinski definition) is 4. The van der Waals surface area contributed by atoms with Gasteiger partial charge in [0, 0.05) is 17.2 Å². The molecule has 0 spiro atoms. The van der Waals surface area contributed by atoms with Crippen molar-refractivity contribution in [3.05, 3.63) is 95.3 Å². The van der Waals surface area contributed by atoms with Gasteiger partial charge in [-0.3, -0.25) is 14.8 Å². The summed E-state index contributed by atoms with van der Waals surface area (Å²) in [6, 6.07) is 13.9. The smallest absolute Gasteiger partial charge is 0.420 e. The molecule has 0 aliphatic heterocycles. The van der Waals surface area contributed by atoms with Crippen LogP contribution in [0.15, 0.2) is 72.8 Å². The number of rotatable bonds is 6. The summed E-state index contributed by atoms with van der Waals surface area (Å²) in [4.78, 5) is 24.1. The second kappa shape index (κ2) is 9.96. The molecule has 0 heterocycles. The Hall–Kier alpha value is -4.18. The van der Waals surface area contributed by atoms with E-state index in [4.69, 9.17) is 9.94 Å². The molecular weight excluding hydrogens is 444 g/mol. The second-order valence-electron chi connectivity index (χ2n) is 6.59. The molecule has 0 saturated carbocycles. The van der Waals surface area contributed by atoms with Crippen LogP contribution in [0.3, 0.4) is 0 Å². The summed E-state index contributed by atoms with van der Waals surface area (Å²) in [5.74, 6) is -3.12. The Morgan fingerprint density at radius 3 is 2.21 bits per heavy atom. The highest BCUT2D eigenvalue weighted by Gasteiger charge is 2.36. The Morgan fingerprint density at radius 2 is 1.61 bits per heavy atom. The third-order valence-corrected chi connectivity index (χ3v) is 4.33. The zero-order valence-electron chi connectivity index (χ0n) is 16.7. The normalized spacial score (nSPS) is 11.3. The van der Waals surface area contributed by atoms with Crippen molar-refractivity contribution < 1.29 is 37.1 Å². The molecule has 0 radical (unpaired) electrons. The first-order valence-electron chi connectivity index (χ1n) is 9.35. The highest BCUT2D eigenvalue weighted by atomic mass is 19.4. The molecule has 0 fully saturated rings. The maximum absolute atomic E-state index is 13.7. The number of hydroxylamine groups is 1. The molecule has 170 valence electrons. The van der Waals surface area contributed by atoms with E-state index < -0.39 is 35.1 Å². The third-order valence-electron chi connectivity index (χ3n) is 4.33. The van der Waals surface area contributed by atoms with Gasteiger partial charge in [0.25, 0.3) is 11.8 Å². The van der Waals surface area contributed by atoms with Gasteiger partial charge < -0.3 is 10.1 Å². The fourth-order valence-corrected chi connectivity index (χ4v) is 2.81. The average molecular weight is 460 g/mol. The molecular formula is C23H16F4N2O4. The summed E-state index contributed by atoms with van der Waals surface area (Å²) in [5.41, 5.74) is -0.0438. The number of amides is 2.